The van der Waals surface area contributed by atoms with E-state index < -0.39 is 18.0 Å². The van der Waals surface area contributed by atoms with Gasteiger partial charge >= 0.3 is 12.0 Å². The molecule has 2 amide bonds. The lowest BCUT2D eigenvalue weighted by Crippen LogP contribution is -2.48. The van der Waals surface area contributed by atoms with Gasteiger partial charge in [0.25, 0.3) is 0 Å². The van der Waals surface area contributed by atoms with Gasteiger partial charge in [-0.15, -0.1) is 0 Å². The van der Waals surface area contributed by atoms with Crippen LogP contribution in [-0.2, 0) is 11.3 Å². The van der Waals surface area contributed by atoms with Crippen LogP contribution in [0.2, 0.25) is 0 Å². The Hall–Kier alpha value is -2.05. The third-order valence-electron chi connectivity index (χ3n) is 3.36. The molecule has 0 saturated carbocycles. The molecule has 0 fully saturated rings. The molecule has 21 heavy (non-hydrogen) atoms. The molecule has 0 aromatic carbocycles. The Morgan fingerprint density at radius 3 is 2.57 bits per heavy atom. The van der Waals surface area contributed by atoms with Gasteiger partial charge in [-0.05, 0) is 25.3 Å². The fourth-order valence-corrected chi connectivity index (χ4v) is 1.78. The molecule has 0 radical (unpaired) electrons. The zero-order chi connectivity index (χ0) is 16.0. The van der Waals surface area contributed by atoms with E-state index in [1.807, 2.05) is 16.9 Å². The molecule has 7 nitrogen and oxygen atoms in total. The van der Waals surface area contributed by atoms with Crippen molar-refractivity contribution < 1.29 is 14.7 Å². The van der Waals surface area contributed by atoms with E-state index in [0.29, 0.717) is 6.04 Å². The summed E-state index contributed by atoms with van der Waals surface area (Å²) in [7, 11) is 0. The maximum Gasteiger partial charge on any atom is 0.326 e. The highest BCUT2D eigenvalue weighted by Crippen LogP contribution is 2.09. The normalized spacial score (nSPS) is 13.8. The maximum atomic E-state index is 11.7. The number of aliphatic carboxylic acids is 1. The Labute approximate surface area is 124 Å². The van der Waals surface area contributed by atoms with Crippen LogP contribution >= 0.6 is 0 Å². The molecule has 0 bridgehead atoms. The molecule has 0 aliphatic carbocycles. The predicted octanol–water partition coefficient (Wildman–Crippen LogP) is 1.76. The number of hydrogen-bond acceptors (Lipinski definition) is 3. The summed E-state index contributed by atoms with van der Waals surface area (Å²) in [6.07, 6.45) is 2.85. The summed E-state index contributed by atoms with van der Waals surface area (Å²) in [5.74, 6) is -1.22. The van der Waals surface area contributed by atoms with Gasteiger partial charge < -0.3 is 15.7 Å². The van der Waals surface area contributed by atoms with E-state index in [1.165, 1.54) is 0 Å². The van der Waals surface area contributed by atoms with Crippen LogP contribution in [0.5, 0.6) is 0 Å². The van der Waals surface area contributed by atoms with Crippen LogP contribution in [0.1, 0.15) is 45.9 Å². The zero-order valence-electron chi connectivity index (χ0n) is 13.0. The van der Waals surface area contributed by atoms with E-state index >= 15 is 0 Å². The number of carboxylic acid groups (broad SMARTS) is 1. The molecule has 2 atom stereocenters. The standard InChI is InChI=1S/C14H24N4O3/c1-5-10(4)18-7-6-11(17-18)8-15-14(21)16-12(9(2)3)13(19)20/h6-7,9-10,12H,5,8H2,1-4H3,(H,19,20)(H2,15,16,21). The largest absolute Gasteiger partial charge is 0.480 e. The molecule has 1 heterocycles. The number of aromatic nitrogens is 2. The number of urea groups is 1. The first-order chi connectivity index (χ1) is 9.85. The lowest BCUT2D eigenvalue weighted by atomic mass is 10.1. The minimum atomic E-state index is -1.04. The zero-order valence-corrected chi connectivity index (χ0v) is 13.0. The summed E-state index contributed by atoms with van der Waals surface area (Å²) in [6, 6.07) is 0.741. The van der Waals surface area contributed by atoms with Crippen LogP contribution in [-0.4, -0.2) is 32.9 Å². The molecule has 2 unspecified atom stereocenters. The molecular formula is C14H24N4O3. The molecule has 118 valence electrons. The summed E-state index contributed by atoms with van der Waals surface area (Å²) < 4.78 is 1.85. The minimum Gasteiger partial charge on any atom is -0.480 e. The van der Waals surface area contributed by atoms with E-state index in [4.69, 9.17) is 5.11 Å². The molecule has 3 N–H and O–H groups in total. The molecule has 1 rings (SSSR count). The Kier molecular flexibility index (Phi) is 6.20. The summed E-state index contributed by atoms with van der Waals surface area (Å²) >= 11 is 0. The van der Waals surface area contributed by atoms with Gasteiger partial charge in [0.15, 0.2) is 0 Å². The average Bonchev–Trinajstić information content (AvgIpc) is 2.89. The van der Waals surface area contributed by atoms with E-state index in [2.05, 4.69) is 29.6 Å². The number of carboxylic acids is 1. The maximum absolute atomic E-state index is 11.7. The van der Waals surface area contributed by atoms with Crippen LogP contribution in [0, 0.1) is 5.92 Å². The van der Waals surface area contributed by atoms with Crippen molar-refractivity contribution in [3.63, 3.8) is 0 Å². The third kappa shape index (κ3) is 5.09. The van der Waals surface area contributed by atoms with Crippen LogP contribution in [0.15, 0.2) is 12.3 Å². The van der Waals surface area contributed by atoms with E-state index in [1.54, 1.807) is 13.8 Å². The van der Waals surface area contributed by atoms with Crippen molar-refractivity contribution in [1.82, 2.24) is 20.4 Å². The van der Waals surface area contributed by atoms with Gasteiger partial charge in [0, 0.05) is 12.2 Å². The molecule has 0 aliphatic heterocycles. The first-order valence-corrected chi connectivity index (χ1v) is 7.16. The predicted molar refractivity (Wildman–Crippen MR) is 78.9 cm³/mol. The van der Waals surface area contributed by atoms with Crippen LogP contribution in [0.25, 0.3) is 0 Å². The molecule has 0 spiro atoms. The van der Waals surface area contributed by atoms with Gasteiger partial charge in [-0.1, -0.05) is 20.8 Å². The molecule has 0 saturated heterocycles. The van der Waals surface area contributed by atoms with Crippen molar-refractivity contribution in [3.05, 3.63) is 18.0 Å². The monoisotopic (exact) mass is 296 g/mol. The second-order valence-electron chi connectivity index (χ2n) is 5.43. The quantitative estimate of drug-likeness (QED) is 0.714. The molecule has 1 aromatic heterocycles. The minimum absolute atomic E-state index is 0.183. The van der Waals surface area contributed by atoms with Crippen molar-refractivity contribution >= 4 is 12.0 Å². The van der Waals surface area contributed by atoms with E-state index in [9.17, 15) is 9.59 Å². The number of rotatable bonds is 7. The van der Waals surface area contributed by atoms with Crippen molar-refractivity contribution in [1.29, 1.82) is 0 Å². The Bertz CT molecular complexity index is 484. The number of hydrogen-bond donors (Lipinski definition) is 3. The van der Waals surface area contributed by atoms with Gasteiger partial charge in [-0.2, -0.15) is 5.10 Å². The highest BCUT2D eigenvalue weighted by atomic mass is 16.4. The fraction of sp³-hybridized carbons (Fsp3) is 0.643. The first-order valence-electron chi connectivity index (χ1n) is 7.16. The second kappa shape index (κ2) is 7.66. The fourth-order valence-electron chi connectivity index (χ4n) is 1.78. The summed E-state index contributed by atoms with van der Waals surface area (Å²) in [4.78, 5) is 22.7. The van der Waals surface area contributed by atoms with Gasteiger partial charge in [-0.3, -0.25) is 4.68 Å². The van der Waals surface area contributed by atoms with Crippen molar-refractivity contribution in [2.45, 2.75) is 52.7 Å². The third-order valence-corrected chi connectivity index (χ3v) is 3.36. The van der Waals surface area contributed by atoms with Crippen LogP contribution < -0.4 is 10.6 Å². The van der Waals surface area contributed by atoms with E-state index in [-0.39, 0.29) is 12.5 Å². The number of carbonyl (C=O) groups is 2. The molecular weight excluding hydrogens is 272 g/mol. The van der Waals surface area contributed by atoms with Crippen molar-refractivity contribution in [3.8, 4) is 0 Å². The average molecular weight is 296 g/mol. The lowest BCUT2D eigenvalue weighted by Gasteiger charge is -2.18. The highest BCUT2D eigenvalue weighted by Gasteiger charge is 2.23. The van der Waals surface area contributed by atoms with Gasteiger partial charge in [0.2, 0.25) is 0 Å². The number of nitrogens with zero attached hydrogens (tertiary/aromatic N) is 2. The first kappa shape index (κ1) is 17.0. The molecule has 1 aromatic rings. The summed E-state index contributed by atoms with van der Waals surface area (Å²) in [6.45, 7) is 7.89. The topological polar surface area (TPSA) is 96.2 Å². The summed E-state index contributed by atoms with van der Waals surface area (Å²) in [5, 5.41) is 18.4. The SMILES string of the molecule is CCC(C)n1ccc(CNC(=O)NC(C(=O)O)C(C)C)n1. The van der Waals surface area contributed by atoms with Gasteiger partial charge in [0.05, 0.1) is 12.2 Å². The summed E-state index contributed by atoms with van der Waals surface area (Å²) in [5.41, 5.74) is 0.738. The molecule has 0 aliphatic rings. The Balaban J connectivity index is 2.49. The van der Waals surface area contributed by atoms with Crippen LogP contribution in [0.3, 0.4) is 0 Å². The van der Waals surface area contributed by atoms with Crippen molar-refractivity contribution in [2.75, 3.05) is 0 Å². The number of carbonyl (C=O) groups excluding carboxylic acids is 1. The highest BCUT2D eigenvalue weighted by molar-refractivity contribution is 5.82. The van der Waals surface area contributed by atoms with E-state index in [0.717, 1.165) is 12.1 Å². The van der Waals surface area contributed by atoms with Crippen molar-refractivity contribution in [2.24, 2.45) is 5.92 Å². The van der Waals surface area contributed by atoms with Crippen LogP contribution in [0.4, 0.5) is 4.79 Å². The van der Waals surface area contributed by atoms with Gasteiger partial charge in [0.1, 0.15) is 6.04 Å². The smallest absolute Gasteiger partial charge is 0.326 e. The van der Waals surface area contributed by atoms with Gasteiger partial charge in [-0.25, -0.2) is 9.59 Å². The lowest BCUT2D eigenvalue weighted by molar-refractivity contribution is -0.140. The number of amides is 2. The Morgan fingerprint density at radius 1 is 1.38 bits per heavy atom. The Morgan fingerprint density at radius 2 is 2.05 bits per heavy atom. The number of nitrogens with one attached hydrogen (secondary N) is 2. The second-order valence-corrected chi connectivity index (χ2v) is 5.43. The molecule has 7 heteroatoms.